The van der Waals surface area contributed by atoms with Crippen LogP contribution >= 0.6 is 43.2 Å². The van der Waals surface area contributed by atoms with E-state index in [2.05, 4.69) is 37.2 Å². The van der Waals surface area contributed by atoms with Crippen molar-refractivity contribution >= 4 is 49.1 Å². The highest BCUT2D eigenvalue weighted by Gasteiger charge is 2.17. The van der Waals surface area contributed by atoms with Gasteiger partial charge in [-0.05, 0) is 49.9 Å². The van der Waals surface area contributed by atoms with Crippen LogP contribution in [-0.4, -0.2) is 23.7 Å². The molecule has 3 nitrogen and oxygen atoms in total. The molecule has 1 amide bonds. The Labute approximate surface area is 138 Å². The maximum absolute atomic E-state index is 12.2. The summed E-state index contributed by atoms with van der Waals surface area (Å²) in [4.78, 5) is 12.2. The SMILES string of the molecule is O=C(NC(CO)Cc1ccccc1)c1cc(Br)sc1Br. The molecule has 0 saturated carbocycles. The van der Waals surface area contributed by atoms with E-state index in [1.54, 1.807) is 6.07 Å². The Bertz CT molecular complexity index is 586. The molecule has 2 rings (SSSR count). The van der Waals surface area contributed by atoms with Gasteiger partial charge < -0.3 is 10.4 Å². The zero-order valence-corrected chi connectivity index (χ0v) is 14.5. The number of hydrogen-bond acceptors (Lipinski definition) is 3. The Hall–Kier alpha value is -0.690. The number of hydrogen-bond donors (Lipinski definition) is 2. The molecule has 0 fully saturated rings. The third-order valence-electron chi connectivity index (χ3n) is 2.78. The summed E-state index contributed by atoms with van der Waals surface area (Å²) in [6.07, 6.45) is 0.603. The molecule has 106 valence electrons. The van der Waals surface area contributed by atoms with Crippen molar-refractivity contribution in [2.45, 2.75) is 12.5 Å². The Morgan fingerprint density at radius 2 is 2.00 bits per heavy atom. The fourth-order valence-electron chi connectivity index (χ4n) is 1.82. The standard InChI is InChI=1S/C14H13Br2NO2S/c15-12-7-11(13(16)20-12)14(19)17-10(8-18)6-9-4-2-1-3-5-9/h1-5,7,10,18H,6,8H2,(H,17,19). The van der Waals surface area contributed by atoms with Crippen molar-refractivity contribution < 1.29 is 9.90 Å². The minimum Gasteiger partial charge on any atom is -0.394 e. The molecule has 1 unspecified atom stereocenters. The van der Waals surface area contributed by atoms with Gasteiger partial charge in [-0.25, -0.2) is 0 Å². The van der Waals surface area contributed by atoms with Crippen molar-refractivity contribution in [3.63, 3.8) is 0 Å². The van der Waals surface area contributed by atoms with Crippen molar-refractivity contribution in [2.75, 3.05) is 6.61 Å². The molecule has 1 atom stereocenters. The first-order valence-corrected chi connectivity index (χ1v) is 8.41. The number of nitrogens with one attached hydrogen (secondary N) is 1. The van der Waals surface area contributed by atoms with E-state index in [1.807, 2.05) is 30.3 Å². The third-order valence-corrected chi connectivity index (χ3v) is 5.12. The third kappa shape index (κ3) is 4.15. The predicted octanol–water partition coefficient (Wildman–Crippen LogP) is 3.61. The van der Waals surface area contributed by atoms with Crippen LogP contribution in [0.3, 0.4) is 0 Å². The summed E-state index contributed by atoms with van der Waals surface area (Å²) in [7, 11) is 0. The zero-order valence-electron chi connectivity index (χ0n) is 10.5. The summed E-state index contributed by atoms with van der Waals surface area (Å²) in [5, 5.41) is 12.3. The summed E-state index contributed by atoms with van der Waals surface area (Å²) in [5.74, 6) is -0.186. The number of carbonyl (C=O) groups excluding carboxylic acids is 1. The molecular formula is C14H13Br2NO2S. The Morgan fingerprint density at radius 3 is 2.55 bits per heavy atom. The molecule has 0 saturated heterocycles. The maximum atomic E-state index is 12.2. The van der Waals surface area contributed by atoms with Gasteiger partial charge in [0, 0.05) is 0 Å². The van der Waals surface area contributed by atoms with Crippen LogP contribution in [0.15, 0.2) is 44.0 Å². The molecular weight excluding hydrogens is 406 g/mol. The zero-order chi connectivity index (χ0) is 14.5. The first-order chi connectivity index (χ1) is 9.60. The van der Waals surface area contributed by atoms with E-state index >= 15 is 0 Å². The summed E-state index contributed by atoms with van der Waals surface area (Å²) < 4.78 is 1.66. The van der Waals surface area contributed by atoms with E-state index < -0.39 is 0 Å². The first kappa shape index (κ1) is 15.7. The van der Waals surface area contributed by atoms with Crippen molar-refractivity contribution in [1.29, 1.82) is 0 Å². The molecule has 1 aromatic heterocycles. The van der Waals surface area contributed by atoms with Crippen molar-refractivity contribution in [3.8, 4) is 0 Å². The van der Waals surface area contributed by atoms with Gasteiger partial charge in [-0.15, -0.1) is 11.3 Å². The Balaban J connectivity index is 2.03. The molecule has 0 aliphatic heterocycles. The molecule has 1 heterocycles. The smallest absolute Gasteiger partial charge is 0.253 e. The molecule has 0 aliphatic carbocycles. The van der Waals surface area contributed by atoms with Crippen LogP contribution in [0.4, 0.5) is 0 Å². The highest BCUT2D eigenvalue weighted by atomic mass is 79.9. The number of amides is 1. The molecule has 0 radical (unpaired) electrons. The number of halogens is 2. The van der Waals surface area contributed by atoms with Crippen LogP contribution in [0.1, 0.15) is 15.9 Å². The molecule has 6 heteroatoms. The second-order valence-corrected chi connectivity index (χ2v) is 8.03. The lowest BCUT2D eigenvalue weighted by Gasteiger charge is -2.16. The van der Waals surface area contributed by atoms with Crippen LogP contribution in [0.2, 0.25) is 0 Å². The van der Waals surface area contributed by atoms with Crippen LogP contribution in [0.25, 0.3) is 0 Å². The lowest BCUT2D eigenvalue weighted by Crippen LogP contribution is -2.39. The summed E-state index contributed by atoms with van der Waals surface area (Å²) in [5.41, 5.74) is 1.66. The van der Waals surface area contributed by atoms with Gasteiger partial charge in [0.2, 0.25) is 0 Å². The highest BCUT2D eigenvalue weighted by Crippen LogP contribution is 2.31. The van der Waals surface area contributed by atoms with E-state index in [0.717, 1.165) is 13.1 Å². The molecule has 2 N–H and O–H groups in total. The average Bonchev–Trinajstić information content (AvgIpc) is 2.78. The van der Waals surface area contributed by atoms with Crippen molar-refractivity contribution in [1.82, 2.24) is 5.32 Å². The lowest BCUT2D eigenvalue weighted by atomic mass is 10.1. The van der Waals surface area contributed by atoms with E-state index in [9.17, 15) is 9.90 Å². The van der Waals surface area contributed by atoms with E-state index in [4.69, 9.17) is 0 Å². The van der Waals surface area contributed by atoms with Gasteiger partial charge in [0.1, 0.15) is 0 Å². The number of thiophene rings is 1. The summed E-state index contributed by atoms with van der Waals surface area (Å²) in [6.45, 7) is -0.0937. The Kier molecular flexibility index (Phi) is 5.77. The van der Waals surface area contributed by atoms with Crippen LogP contribution in [0.5, 0.6) is 0 Å². The van der Waals surface area contributed by atoms with E-state index in [0.29, 0.717) is 12.0 Å². The maximum Gasteiger partial charge on any atom is 0.253 e. The topological polar surface area (TPSA) is 49.3 Å². The number of aliphatic hydroxyl groups excluding tert-OH is 1. The van der Waals surface area contributed by atoms with Gasteiger partial charge in [0.15, 0.2) is 0 Å². The molecule has 20 heavy (non-hydrogen) atoms. The summed E-state index contributed by atoms with van der Waals surface area (Å²) >= 11 is 8.16. The number of benzene rings is 1. The molecule has 0 spiro atoms. The van der Waals surface area contributed by atoms with Crippen LogP contribution < -0.4 is 5.32 Å². The van der Waals surface area contributed by atoms with Crippen LogP contribution in [-0.2, 0) is 6.42 Å². The highest BCUT2D eigenvalue weighted by molar-refractivity contribution is 9.12. The van der Waals surface area contributed by atoms with Crippen molar-refractivity contribution in [3.05, 3.63) is 55.1 Å². The van der Waals surface area contributed by atoms with Gasteiger partial charge >= 0.3 is 0 Å². The van der Waals surface area contributed by atoms with Crippen molar-refractivity contribution in [2.24, 2.45) is 0 Å². The van der Waals surface area contributed by atoms with Gasteiger partial charge in [0.25, 0.3) is 5.91 Å². The average molecular weight is 419 g/mol. The van der Waals surface area contributed by atoms with Gasteiger partial charge in [-0.3, -0.25) is 4.79 Å². The molecule has 0 aliphatic rings. The van der Waals surface area contributed by atoms with Crippen LogP contribution in [0, 0.1) is 0 Å². The second-order valence-electron chi connectivity index (χ2n) is 4.28. The first-order valence-electron chi connectivity index (χ1n) is 6.00. The van der Waals surface area contributed by atoms with Gasteiger partial charge in [0.05, 0.1) is 25.8 Å². The normalized spacial score (nSPS) is 12.2. The second kappa shape index (κ2) is 7.36. The molecule has 2 aromatic rings. The Morgan fingerprint density at radius 1 is 1.30 bits per heavy atom. The molecule has 0 bridgehead atoms. The minimum atomic E-state index is -0.296. The minimum absolute atomic E-state index is 0.0937. The molecule has 1 aromatic carbocycles. The number of aliphatic hydroxyl groups is 1. The number of carbonyl (C=O) groups is 1. The van der Waals surface area contributed by atoms with Gasteiger partial charge in [-0.2, -0.15) is 0 Å². The van der Waals surface area contributed by atoms with E-state index in [-0.39, 0.29) is 18.6 Å². The largest absolute Gasteiger partial charge is 0.394 e. The lowest BCUT2D eigenvalue weighted by molar-refractivity contribution is 0.0916. The quantitative estimate of drug-likeness (QED) is 0.779. The number of rotatable bonds is 5. The fourth-order valence-corrected chi connectivity index (χ4v) is 4.61. The monoisotopic (exact) mass is 417 g/mol. The fraction of sp³-hybridized carbons (Fsp3) is 0.214. The van der Waals surface area contributed by atoms with E-state index in [1.165, 1.54) is 11.3 Å². The summed E-state index contributed by atoms with van der Waals surface area (Å²) in [6, 6.07) is 11.3. The predicted molar refractivity (Wildman–Crippen MR) is 88.2 cm³/mol. The van der Waals surface area contributed by atoms with Gasteiger partial charge in [-0.1, -0.05) is 30.3 Å².